The van der Waals surface area contributed by atoms with Crippen molar-refractivity contribution in [1.82, 2.24) is 9.97 Å². The van der Waals surface area contributed by atoms with Crippen LogP contribution in [0, 0.1) is 34.5 Å². The summed E-state index contributed by atoms with van der Waals surface area (Å²) in [4.78, 5) is 19.8. The first-order valence-electron chi connectivity index (χ1n) is 12.0. The summed E-state index contributed by atoms with van der Waals surface area (Å²) in [7, 11) is 0. The van der Waals surface area contributed by atoms with Crippen LogP contribution in [0.5, 0.6) is 5.75 Å². The Morgan fingerprint density at radius 2 is 2.03 bits per heavy atom. The van der Waals surface area contributed by atoms with Gasteiger partial charge < -0.3 is 26.8 Å². The fourth-order valence-electron chi connectivity index (χ4n) is 6.51. The summed E-state index contributed by atoms with van der Waals surface area (Å²) in [5, 5.41) is 16.8. The van der Waals surface area contributed by atoms with Crippen LogP contribution < -0.4 is 26.8 Å². The van der Waals surface area contributed by atoms with Gasteiger partial charge >= 0.3 is 0 Å². The van der Waals surface area contributed by atoms with E-state index < -0.39 is 5.91 Å². The number of anilines is 2. The number of nitrogens with zero attached hydrogens (tertiary/aromatic N) is 3. The van der Waals surface area contributed by atoms with Crippen molar-refractivity contribution in [2.75, 3.05) is 23.8 Å². The maximum absolute atomic E-state index is 11.0. The number of ether oxygens (including phenoxy) is 1. The molecule has 4 saturated carbocycles. The van der Waals surface area contributed by atoms with Gasteiger partial charge in [-0.25, -0.2) is 4.98 Å². The molecule has 0 radical (unpaired) electrons. The number of amides is 1. The number of carbonyl (C=O) groups is 1. The predicted octanol–water partition coefficient (Wildman–Crippen LogP) is 3.04. The molecule has 4 unspecified atom stereocenters. The van der Waals surface area contributed by atoms with Crippen molar-refractivity contribution in [3.8, 4) is 11.8 Å². The van der Waals surface area contributed by atoms with Gasteiger partial charge in [0.1, 0.15) is 23.2 Å². The van der Waals surface area contributed by atoms with Gasteiger partial charge in [0.2, 0.25) is 5.95 Å². The number of nitriles is 1. The normalized spacial score (nSPS) is 28.4. The van der Waals surface area contributed by atoms with E-state index in [4.69, 9.17) is 27.8 Å². The Labute approximate surface area is 209 Å². The summed E-state index contributed by atoms with van der Waals surface area (Å²) < 4.78 is 5.36. The summed E-state index contributed by atoms with van der Waals surface area (Å²) in [5.41, 5.74) is 13.0. The van der Waals surface area contributed by atoms with E-state index in [1.165, 1.54) is 25.5 Å². The van der Waals surface area contributed by atoms with E-state index >= 15 is 0 Å². The monoisotopic (exact) mass is 495 g/mol. The third-order valence-electron chi connectivity index (χ3n) is 7.85. The second-order valence-corrected chi connectivity index (χ2v) is 10.7. The first kappa shape index (κ1) is 23.6. The fourth-order valence-corrected chi connectivity index (χ4v) is 6.69. The lowest BCUT2D eigenvalue weighted by Crippen LogP contribution is -2.58. The van der Waals surface area contributed by atoms with E-state index in [2.05, 4.69) is 26.7 Å². The maximum atomic E-state index is 11.0. The first-order valence-corrected chi connectivity index (χ1v) is 12.4. The van der Waals surface area contributed by atoms with Crippen molar-refractivity contribution in [1.29, 1.82) is 5.26 Å². The van der Waals surface area contributed by atoms with Crippen molar-refractivity contribution in [2.45, 2.75) is 44.7 Å². The van der Waals surface area contributed by atoms with Gasteiger partial charge in [0.05, 0.1) is 6.20 Å². The van der Waals surface area contributed by atoms with Gasteiger partial charge in [-0.05, 0) is 79.0 Å². The van der Waals surface area contributed by atoms with Gasteiger partial charge in [0.25, 0.3) is 5.91 Å². The SMILES string of the molecule is N#Cc1cnc(NCc2cc(OCC(N)=O)ccc2Cl)nc1NCC12CC3CC(C1)C(N)[C@@H](C3)C2. The molecule has 184 valence electrons. The molecule has 6 rings (SSSR count). The minimum atomic E-state index is -0.554. The van der Waals surface area contributed by atoms with Gasteiger partial charge in [0, 0.05) is 24.2 Å². The van der Waals surface area contributed by atoms with Crippen LogP contribution in [-0.4, -0.2) is 35.1 Å². The molecule has 35 heavy (non-hydrogen) atoms. The van der Waals surface area contributed by atoms with E-state index in [0.717, 1.165) is 30.9 Å². The standard InChI is InChI=1S/C25H30ClN7O2/c26-20-2-1-19(35-12-21(28)34)5-17(20)10-30-24-31-11-18(9-27)23(33-24)32-13-25-6-14-3-15(7-25)22(29)16(4-14)8-25/h1-2,5,11,14-16,22H,3-4,6-8,10,12-13,29H2,(H2,28,34)(H2,30,31,32,33)/t14?,15-,16?,22?,25?/m0/s1. The second-order valence-electron chi connectivity index (χ2n) is 10.3. The number of benzene rings is 1. The average molecular weight is 496 g/mol. The van der Waals surface area contributed by atoms with Crippen molar-refractivity contribution < 1.29 is 9.53 Å². The molecule has 10 heteroatoms. The van der Waals surface area contributed by atoms with Crippen molar-refractivity contribution in [2.24, 2.45) is 34.6 Å². The molecule has 4 aliphatic carbocycles. The Hall–Kier alpha value is -3.09. The molecule has 6 N–H and O–H groups in total. The summed E-state index contributed by atoms with van der Waals surface area (Å²) in [5.74, 6) is 2.88. The molecule has 0 aliphatic heterocycles. The zero-order chi connectivity index (χ0) is 24.6. The second kappa shape index (κ2) is 9.51. The van der Waals surface area contributed by atoms with Crippen LogP contribution in [0.4, 0.5) is 11.8 Å². The van der Waals surface area contributed by atoms with E-state index in [9.17, 15) is 10.1 Å². The molecule has 1 amide bonds. The van der Waals surface area contributed by atoms with Crippen LogP contribution in [-0.2, 0) is 11.3 Å². The minimum absolute atomic E-state index is 0.210. The number of hydrogen-bond donors (Lipinski definition) is 4. The molecular weight excluding hydrogens is 466 g/mol. The van der Waals surface area contributed by atoms with E-state index in [-0.39, 0.29) is 12.0 Å². The molecule has 4 aliphatic rings. The molecule has 9 nitrogen and oxygen atoms in total. The summed E-state index contributed by atoms with van der Waals surface area (Å²) >= 11 is 6.32. The lowest BCUT2D eigenvalue weighted by Gasteiger charge is -2.59. The summed E-state index contributed by atoms with van der Waals surface area (Å²) in [6.45, 7) is 0.919. The molecule has 2 aromatic rings. The summed E-state index contributed by atoms with van der Waals surface area (Å²) in [6.07, 6.45) is 7.59. The molecule has 4 bridgehead atoms. The van der Waals surface area contributed by atoms with E-state index in [1.807, 2.05) is 0 Å². The number of hydrogen-bond acceptors (Lipinski definition) is 8. The Kier molecular flexibility index (Phi) is 6.43. The molecule has 0 spiro atoms. The molecule has 1 aromatic carbocycles. The molecule has 1 heterocycles. The Morgan fingerprint density at radius 3 is 2.74 bits per heavy atom. The number of nitrogens with one attached hydrogen (secondary N) is 2. The van der Waals surface area contributed by atoms with E-state index in [1.54, 1.807) is 18.2 Å². The van der Waals surface area contributed by atoms with Crippen LogP contribution >= 0.6 is 11.6 Å². The largest absolute Gasteiger partial charge is 0.484 e. The molecular formula is C25H30ClN7O2. The fraction of sp³-hybridized carbons (Fsp3) is 0.520. The molecule has 5 atom stereocenters. The zero-order valence-corrected chi connectivity index (χ0v) is 20.2. The van der Waals surface area contributed by atoms with Gasteiger partial charge in [-0.2, -0.15) is 10.2 Å². The lowest BCUT2D eigenvalue weighted by molar-refractivity contribution is -0.119. The van der Waals surface area contributed by atoms with Gasteiger partial charge in [-0.3, -0.25) is 4.79 Å². The van der Waals surface area contributed by atoms with E-state index in [0.29, 0.717) is 52.5 Å². The van der Waals surface area contributed by atoms with Gasteiger partial charge in [0.15, 0.2) is 6.61 Å². The topological polar surface area (TPSA) is 152 Å². The third-order valence-corrected chi connectivity index (χ3v) is 8.22. The van der Waals surface area contributed by atoms with Crippen molar-refractivity contribution >= 4 is 29.3 Å². The number of nitrogens with two attached hydrogens (primary N) is 2. The first-order chi connectivity index (χ1) is 16.8. The lowest BCUT2D eigenvalue weighted by atomic mass is 9.48. The number of halogens is 1. The number of aromatic nitrogens is 2. The van der Waals surface area contributed by atoms with Crippen LogP contribution in [0.2, 0.25) is 5.02 Å². The number of carbonyl (C=O) groups excluding carboxylic acids is 1. The van der Waals surface area contributed by atoms with Crippen LogP contribution in [0.1, 0.15) is 43.2 Å². The highest BCUT2D eigenvalue weighted by Gasteiger charge is 2.54. The molecule has 4 fully saturated rings. The highest BCUT2D eigenvalue weighted by atomic mass is 35.5. The van der Waals surface area contributed by atoms with Gasteiger partial charge in [-0.15, -0.1) is 0 Å². The average Bonchev–Trinajstić information content (AvgIpc) is 2.84. The zero-order valence-electron chi connectivity index (χ0n) is 19.5. The van der Waals surface area contributed by atoms with Crippen molar-refractivity contribution in [3.63, 3.8) is 0 Å². The van der Waals surface area contributed by atoms with Crippen molar-refractivity contribution in [3.05, 3.63) is 40.5 Å². The highest BCUT2D eigenvalue weighted by molar-refractivity contribution is 6.31. The van der Waals surface area contributed by atoms with Gasteiger partial charge in [-0.1, -0.05) is 11.6 Å². The highest BCUT2D eigenvalue weighted by Crippen LogP contribution is 2.59. The Bertz CT molecular complexity index is 1150. The van der Waals surface area contributed by atoms with Crippen LogP contribution in [0.15, 0.2) is 24.4 Å². The Balaban J connectivity index is 1.26. The number of primary amides is 1. The van der Waals surface area contributed by atoms with Crippen LogP contribution in [0.25, 0.3) is 0 Å². The Morgan fingerprint density at radius 1 is 1.26 bits per heavy atom. The molecule has 1 aromatic heterocycles. The minimum Gasteiger partial charge on any atom is -0.484 e. The quantitative estimate of drug-likeness (QED) is 0.414. The third kappa shape index (κ3) is 5.00. The van der Waals surface area contributed by atoms with Crippen LogP contribution in [0.3, 0.4) is 0 Å². The predicted molar refractivity (Wildman–Crippen MR) is 133 cm³/mol. The smallest absolute Gasteiger partial charge is 0.255 e. The maximum Gasteiger partial charge on any atom is 0.255 e. The number of rotatable bonds is 9. The molecule has 0 saturated heterocycles. The summed E-state index contributed by atoms with van der Waals surface area (Å²) in [6, 6.07) is 7.64.